The molecule has 1 rings (SSSR count). The van der Waals surface area contributed by atoms with Crippen LogP contribution in [0, 0.1) is 5.92 Å². The van der Waals surface area contributed by atoms with Gasteiger partial charge in [0.05, 0.1) is 5.69 Å². The summed E-state index contributed by atoms with van der Waals surface area (Å²) in [6.07, 6.45) is 0. The lowest BCUT2D eigenvalue weighted by atomic mass is 10.1. The summed E-state index contributed by atoms with van der Waals surface area (Å²) in [7, 11) is 0. The van der Waals surface area contributed by atoms with Gasteiger partial charge in [-0.3, -0.25) is 5.32 Å². The van der Waals surface area contributed by atoms with Gasteiger partial charge in [-0.05, 0) is 11.8 Å². The van der Waals surface area contributed by atoms with Crippen LogP contribution in [0.3, 0.4) is 0 Å². The number of amides is 2. The van der Waals surface area contributed by atoms with Crippen LogP contribution in [-0.4, -0.2) is 28.1 Å². The Morgan fingerprint density at radius 2 is 1.95 bits per heavy atom. The number of carboxylic acids is 1. The minimum Gasteiger partial charge on any atom is -0.480 e. The number of nitrogens with zero attached hydrogens (tertiary/aromatic N) is 1. The molecule has 3 N–H and O–H groups in total. The summed E-state index contributed by atoms with van der Waals surface area (Å²) in [4.78, 5) is 26.9. The molecule has 6 nitrogen and oxygen atoms in total. The first-order valence-electron chi connectivity index (χ1n) is 6.07. The van der Waals surface area contributed by atoms with Gasteiger partial charge in [0.25, 0.3) is 0 Å². The summed E-state index contributed by atoms with van der Waals surface area (Å²) in [6.45, 7) is 7.49. The van der Waals surface area contributed by atoms with Crippen LogP contribution in [0.25, 0.3) is 0 Å². The van der Waals surface area contributed by atoms with E-state index in [0.717, 1.165) is 5.69 Å². The zero-order chi connectivity index (χ0) is 14.6. The van der Waals surface area contributed by atoms with Crippen LogP contribution in [0.2, 0.25) is 0 Å². The highest BCUT2D eigenvalue weighted by Gasteiger charge is 2.23. The van der Waals surface area contributed by atoms with Crippen molar-refractivity contribution in [2.24, 2.45) is 5.92 Å². The first-order valence-corrected chi connectivity index (χ1v) is 6.95. The van der Waals surface area contributed by atoms with Gasteiger partial charge in [-0.1, -0.05) is 27.7 Å². The van der Waals surface area contributed by atoms with Gasteiger partial charge < -0.3 is 10.4 Å². The number of hydrogen-bond acceptors (Lipinski definition) is 4. The summed E-state index contributed by atoms with van der Waals surface area (Å²) in [5.74, 6) is -0.949. The normalized spacial score (nSPS) is 12.5. The molecule has 7 heteroatoms. The van der Waals surface area contributed by atoms with E-state index in [9.17, 15) is 9.59 Å². The Morgan fingerprint density at radius 3 is 2.37 bits per heavy atom. The number of carbonyl (C=O) groups is 2. The molecule has 0 bridgehead atoms. The zero-order valence-electron chi connectivity index (χ0n) is 11.4. The zero-order valence-corrected chi connectivity index (χ0v) is 12.2. The SMILES string of the molecule is CC(C)c1csc(NC(=O)NC(C(=O)O)C(C)C)n1. The molecule has 0 aliphatic heterocycles. The number of thiazole rings is 1. The molecule has 1 atom stereocenters. The highest BCUT2D eigenvalue weighted by atomic mass is 32.1. The van der Waals surface area contributed by atoms with E-state index >= 15 is 0 Å². The summed E-state index contributed by atoms with van der Waals surface area (Å²) in [6, 6.07) is -1.46. The molecule has 0 aliphatic rings. The minimum atomic E-state index is -1.05. The summed E-state index contributed by atoms with van der Waals surface area (Å²) in [5, 5.41) is 16.3. The van der Waals surface area contributed by atoms with E-state index < -0.39 is 18.0 Å². The maximum absolute atomic E-state index is 11.7. The fraction of sp³-hybridized carbons (Fsp3) is 0.583. The second-order valence-corrected chi connectivity index (χ2v) is 5.75. The molecule has 0 saturated heterocycles. The van der Waals surface area contributed by atoms with Crippen LogP contribution in [0.5, 0.6) is 0 Å². The Labute approximate surface area is 116 Å². The first-order chi connectivity index (χ1) is 8.81. The molecule has 0 aromatic carbocycles. The molecular weight excluding hydrogens is 266 g/mol. The molecule has 0 spiro atoms. The fourth-order valence-electron chi connectivity index (χ4n) is 1.40. The van der Waals surface area contributed by atoms with Crippen LogP contribution in [-0.2, 0) is 4.79 Å². The Bertz CT molecular complexity index is 457. The average molecular weight is 285 g/mol. The van der Waals surface area contributed by atoms with Crippen LogP contribution in [0.1, 0.15) is 39.3 Å². The average Bonchev–Trinajstić information content (AvgIpc) is 2.73. The lowest BCUT2D eigenvalue weighted by Gasteiger charge is -2.17. The van der Waals surface area contributed by atoms with E-state index in [2.05, 4.69) is 15.6 Å². The van der Waals surface area contributed by atoms with Gasteiger partial charge in [0.2, 0.25) is 0 Å². The maximum atomic E-state index is 11.7. The van der Waals surface area contributed by atoms with Crippen LogP contribution in [0.15, 0.2) is 5.38 Å². The molecule has 0 aliphatic carbocycles. The molecule has 0 fully saturated rings. The van der Waals surface area contributed by atoms with E-state index in [1.165, 1.54) is 11.3 Å². The fourth-order valence-corrected chi connectivity index (χ4v) is 2.26. The minimum absolute atomic E-state index is 0.189. The molecule has 19 heavy (non-hydrogen) atoms. The largest absolute Gasteiger partial charge is 0.480 e. The standard InChI is InChI=1S/C12H19N3O3S/c1-6(2)8-5-19-12(13-8)15-11(18)14-9(7(3)4)10(16)17/h5-7,9H,1-4H3,(H,16,17)(H2,13,14,15,18). The third-order valence-corrected chi connectivity index (χ3v) is 3.33. The monoisotopic (exact) mass is 285 g/mol. The van der Waals surface area contributed by atoms with Gasteiger partial charge in [-0.2, -0.15) is 0 Å². The second kappa shape index (κ2) is 6.51. The van der Waals surface area contributed by atoms with Crippen molar-refractivity contribution < 1.29 is 14.7 Å². The molecule has 0 saturated carbocycles. The number of hydrogen-bond donors (Lipinski definition) is 3. The van der Waals surface area contributed by atoms with E-state index in [1.54, 1.807) is 13.8 Å². The molecule has 1 aromatic rings. The number of urea groups is 1. The smallest absolute Gasteiger partial charge is 0.326 e. The number of carboxylic acid groups (broad SMARTS) is 1. The Morgan fingerprint density at radius 1 is 1.32 bits per heavy atom. The quantitative estimate of drug-likeness (QED) is 0.775. The first kappa shape index (κ1) is 15.4. The molecule has 0 radical (unpaired) electrons. The molecule has 2 amide bonds. The number of aliphatic carboxylic acids is 1. The lowest BCUT2D eigenvalue weighted by Crippen LogP contribution is -2.46. The number of rotatable bonds is 5. The number of carbonyl (C=O) groups excluding carboxylic acids is 1. The molecule has 1 heterocycles. The number of anilines is 1. The van der Waals surface area contributed by atoms with Crippen molar-refractivity contribution in [2.45, 2.75) is 39.7 Å². The highest BCUT2D eigenvalue weighted by molar-refractivity contribution is 7.13. The van der Waals surface area contributed by atoms with E-state index in [4.69, 9.17) is 5.11 Å². The predicted molar refractivity (Wildman–Crippen MR) is 74.6 cm³/mol. The third kappa shape index (κ3) is 4.51. The summed E-state index contributed by atoms with van der Waals surface area (Å²) in [5.41, 5.74) is 0.902. The third-order valence-electron chi connectivity index (χ3n) is 2.55. The van der Waals surface area contributed by atoms with E-state index in [0.29, 0.717) is 5.13 Å². The van der Waals surface area contributed by atoms with Crippen molar-refractivity contribution in [1.29, 1.82) is 0 Å². The van der Waals surface area contributed by atoms with E-state index in [1.807, 2.05) is 19.2 Å². The number of nitrogens with one attached hydrogen (secondary N) is 2. The van der Waals surface area contributed by atoms with Gasteiger partial charge in [0.1, 0.15) is 6.04 Å². The van der Waals surface area contributed by atoms with Crippen LogP contribution >= 0.6 is 11.3 Å². The molecule has 1 aromatic heterocycles. The van der Waals surface area contributed by atoms with Crippen molar-refractivity contribution >= 4 is 28.5 Å². The van der Waals surface area contributed by atoms with Gasteiger partial charge in [-0.25, -0.2) is 14.6 Å². The van der Waals surface area contributed by atoms with Crippen LogP contribution in [0.4, 0.5) is 9.93 Å². The lowest BCUT2D eigenvalue weighted by molar-refractivity contribution is -0.140. The molecular formula is C12H19N3O3S. The van der Waals surface area contributed by atoms with Gasteiger partial charge >= 0.3 is 12.0 Å². The molecule has 106 valence electrons. The second-order valence-electron chi connectivity index (χ2n) is 4.89. The predicted octanol–water partition coefficient (Wildman–Crippen LogP) is 2.50. The maximum Gasteiger partial charge on any atom is 0.326 e. The van der Waals surface area contributed by atoms with Gasteiger partial charge in [0.15, 0.2) is 5.13 Å². The Hall–Kier alpha value is -1.63. The van der Waals surface area contributed by atoms with Gasteiger partial charge in [-0.15, -0.1) is 11.3 Å². The number of aromatic nitrogens is 1. The summed E-state index contributed by atoms with van der Waals surface area (Å²) < 4.78 is 0. The topological polar surface area (TPSA) is 91.3 Å². The van der Waals surface area contributed by atoms with Crippen molar-refractivity contribution in [3.05, 3.63) is 11.1 Å². The Kier molecular flexibility index (Phi) is 5.29. The van der Waals surface area contributed by atoms with Crippen molar-refractivity contribution in [3.8, 4) is 0 Å². The summed E-state index contributed by atoms with van der Waals surface area (Å²) >= 11 is 1.32. The Balaban J connectivity index is 2.61. The van der Waals surface area contributed by atoms with Crippen molar-refractivity contribution in [1.82, 2.24) is 10.3 Å². The molecule has 1 unspecified atom stereocenters. The van der Waals surface area contributed by atoms with Crippen molar-refractivity contribution in [2.75, 3.05) is 5.32 Å². The van der Waals surface area contributed by atoms with Crippen LogP contribution < -0.4 is 10.6 Å². The van der Waals surface area contributed by atoms with Gasteiger partial charge in [0, 0.05) is 5.38 Å². The highest BCUT2D eigenvalue weighted by Crippen LogP contribution is 2.21. The van der Waals surface area contributed by atoms with E-state index in [-0.39, 0.29) is 11.8 Å². The van der Waals surface area contributed by atoms with Crippen molar-refractivity contribution in [3.63, 3.8) is 0 Å².